The molecule has 7 nitrogen and oxygen atoms in total. The molecular formula is C30H29NO6. The van der Waals surface area contributed by atoms with Crippen molar-refractivity contribution in [3.63, 3.8) is 0 Å². The summed E-state index contributed by atoms with van der Waals surface area (Å²) in [7, 11) is 1.38. The second-order valence-electron chi connectivity index (χ2n) is 8.84. The maximum atomic E-state index is 13.0. The van der Waals surface area contributed by atoms with Crippen LogP contribution in [0.5, 0.6) is 17.2 Å². The number of para-hydroxylation sites is 1. The molecule has 4 rings (SSSR count). The Morgan fingerprint density at radius 1 is 0.919 bits per heavy atom. The number of esters is 1. The van der Waals surface area contributed by atoms with Crippen molar-refractivity contribution in [3.05, 3.63) is 96.3 Å². The number of hydrogen-bond acceptors (Lipinski definition) is 7. The first kappa shape index (κ1) is 25.7. The zero-order valence-electron chi connectivity index (χ0n) is 21.0. The number of aromatic nitrogens is 1. The highest BCUT2D eigenvalue weighted by atomic mass is 16.6. The number of ether oxygens (including phenoxy) is 3. The number of carbonyl (C=O) groups excluding carboxylic acids is 2. The second-order valence-corrected chi connectivity index (χ2v) is 8.84. The van der Waals surface area contributed by atoms with E-state index in [0.29, 0.717) is 5.75 Å². The molecule has 190 valence electrons. The van der Waals surface area contributed by atoms with E-state index in [4.69, 9.17) is 14.2 Å². The Bertz CT molecular complexity index is 1390. The summed E-state index contributed by atoms with van der Waals surface area (Å²) in [6.45, 7) is 3.37. The average Bonchev–Trinajstić information content (AvgIpc) is 2.92. The monoisotopic (exact) mass is 499 g/mol. The first-order valence-corrected chi connectivity index (χ1v) is 12.0. The number of Topliss-reactive ketones (excluding diaryl/α,β-unsaturated/α-hetero) is 1. The molecule has 0 aliphatic heterocycles. The molecule has 1 heterocycles. The predicted molar refractivity (Wildman–Crippen MR) is 140 cm³/mol. The molecule has 4 aromatic rings. The van der Waals surface area contributed by atoms with Crippen LogP contribution in [0.2, 0.25) is 0 Å². The molecule has 1 aromatic heterocycles. The maximum absolute atomic E-state index is 13.0. The van der Waals surface area contributed by atoms with Gasteiger partial charge in [-0.05, 0) is 41.5 Å². The number of fused-ring (bicyclic) bond motifs is 1. The Morgan fingerprint density at radius 2 is 1.62 bits per heavy atom. The van der Waals surface area contributed by atoms with Gasteiger partial charge in [0.15, 0.2) is 29.1 Å². The smallest absolute Gasteiger partial charge is 0.309 e. The van der Waals surface area contributed by atoms with Gasteiger partial charge in [-0.2, -0.15) is 0 Å². The number of nitrogens with zero attached hydrogens (tertiary/aromatic N) is 1. The number of rotatable bonds is 10. The summed E-state index contributed by atoms with van der Waals surface area (Å²) < 4.78 is 17.1. The van der Waals surface area contributed by atoms with Gasteiger partial charge in [0, 0.05) is 18.7 Å². The zero-order valence-corrected chi connectivity index (χ0v) is 21.0. The molecule has 0 aliphatic rings. The van der Waals surface area contributed by atoms with E-state index >= 15 is 0 Å². The third kappa shape index (κ3) is 6.06. The lowest BCUT2D eigenvalue weighted by molar-refractivity contribution is -0.157. The Hall–Kier alpha value is -4.39. The summed E-state index contributed by atoms with van der Waals surface area (Å²) >= 11 is 0. The summed E-state index contributed by atoms with van der Waals surface area (Å²) in [6, 6.07) is 24.8. The third-order valence-corrected chi connectivity index (χ3v) is 6.10. The van der Waals surface area contributed by atoms with Crippen molar-refractivity contribution in [1.82, 2.24) is 4.98 Å². The number of ketones is 1. The fraction of sp³-hybridized carbons (Fsp3) is 0.233. The minimum absolute atomic E-state index is 0.137. The number of carbonyl (C=O) groups is 2. The highest BCUT2D eigenvalue weighted by Gasteiger charge is 2.29. The van der Waals surface area contributed by atoms with Crippen molar-refractivity contribution in [3.8, 4) is 17.2 Å². The van der Waals surface area contributed by atoms with Crippen LogP contribution in [0, 0.1) is 5.92 Å². The van der Waals surface area contributed by atoms with Crippen LogP contribution >= 0.6 is 0 Å². The molecule has 0 amide bonds. The quantitative estimate of drug-likeness (QED) is 0.214. The second kappa shape index (κ2) is 11.6. The summed E-state index contributed by atoms with van der Waals surface area (Å²) in [6.07, 6.45) is -0.0523. The molecule has 0 radical (unpaired) electrons. The lowest BCUT2D eigenvalue weighted by Crippen LogP contribution is -2.30. The van der Waals surface area contributed by atoms with Gasteiger partial charge in [0.2, 0.25) is 0 Å². The first-order chi connectivity index (χ1) is 17.9. The van der Waals surface area contributed by atoms with Crippen LogP contribution < -0.4 is 9.47 Å². The van der Waals surface area contributed by atoms with Crippen molar-refractivity contribution < 1.29 is 28.9 Å². The lowest BCUT2D eigenvalue weighted by Gasteiger charge is -2.27. The van der Waals surface area contributed by atoms with E-state index in [1.807, 2.05) is 72.8 Å². The van der Waals surface area contributed by atoms with Crippen molar-refractivity contribution in [2.45, 2.75) is 32.5 Å². The number of benzene rings is 3. The summed E-state index contributed by atoms with van der Waals surface area (Å²) in [4.78, 5) is 29.7. The number of methoxy groups -OCH3 is 1. The van der Waals surface area contributed by atoms with Gasteiger partial charge in [-0.25, -0.2) is 4.98 Å². The van der Waals surface area contributed by atoms with Crippen LogP contribution in [-0.2, 0) is 9.53 Å². The maximum Gasteiger partial charge on any atom is 0.309 e. The van der Waals surface area contributed by atoms with Crippen molar-refractivity contribution >= 4 is 22.5 Å². The molecule has 0 saturated carbocycles. The minimum Gasteiger partial charge on any atom is -0.503 e. The molecule has 7 heteroatoms. The van der Waals surface area contributed by atoms with Crippen LogP contribution in [-0.4, -0.2) is 35.1 Å². The summed E-state index contributed by atoms with van der Waals surface area (Å²) in [5.41, 5.74) is 0.714. The molecule has 0 spiro atoms. The lowest BCUT2D eigenvalue weighted by atomic mass is 9.99. The molecule has 0 bridgehead atoms. The highest BCUT2D eigenvalue weighted by molar-refractivity contribution is 5.99. The van der Waals surface area contributed by atoms with E-state index in [0.717, 1.165) is 16.3 Å². The van der Waals surface area contributed by atoms with Crippen LogP contribution in [0.4, 0.5) is 0 Å². The predicted octanol–water partition coefficient (Wildman–Crippen LogP) is 5.91. The van der Waals surface area contributed by atoms with Crippen LogP contribution in [0.15, 0.2) is 85.1 Å². The molecule has 0 aliphatic carbocycles. The van der Waals surface area contributed by atoms with E-state index < -0.39 is 29.9 Å². The number of aromatic hydroxyl groups is 1. The molecular weight excluding hydrogens is 470 g/mol. The Kier molecular flexibility index (Phi) is 8.03. The summed E-state index contributed by atoms with van der Waals surface area (Å²) in [5, 5.41) is 12.4. The number of pyridine rings is 1. The van der Waals surface area contributed by atoms with Gasteiger partial charge in [-0.3, -0.25) is 9.59 Å². The minimum atomic E-state index is -0.767. The van der Waals surface area contributed by atoms with E-state index in [-0.39, 0.29) is 23.6 Å². The molecule has 0 unspecified atom stereocenters. The van der Waals surface area contributed by atoms with E-state index in [1.54, 1.807) is 13.8 Å². The van der Waals surface area contributed by atoms with Gasteiger partial charge >= 0.3 is 5.97 Å². The van der Waals surface area contributed by atoms with E-state index in [9.17, 15) is 14.7 Å². The molecule has 1 N–H and O–H groups in total. The number of hydrogen-bond donors (Lipinski definition) is 1. The van der Waals surface area contributed by atoms with Crippen LogP contribution in [0.1, 0.15) is 42.4 Å². The molecule has 0 fully saturated rings. The zero-order chi connectivity index (χ0) is 26.4. The van der Waals surface area contributed by atoms with Gasteiger partial charge in [-0.15, -0.1) is 0 Å². The standard InChI is InChI=1S/C30H29NO6/c1-19(17-25(32)27-28(33)26(35-3)15-16-31-27)30(34)36-20(2)29(37-24-11-5-4-6-12-24)23-14-13-21-9-7-8-10-22(21)18-23/h4-16,18-20,29,33H,17H2,1-3H3/t19-,20+,29+/m1/s1. The topological polar surface area (TPSA) is 95.0 Å². The van der Waals surface area contributed by atoms with Gasteiger partial charge in [0.1, 0.15) is 11.9 Å². The largest absolute Gasteiger partial charge is 0.503 e. The Balaban J connectivity index is 1.51. The van der Waals surface area contributed by atoms with E-state index in [2.05, 4.69) is 4.98 Å². The van der Waals surface area contributed by atoms with Crippen molar-refractivity contribution in [2.75, 3.05) is 7.11 Å². The van der Waals surface area contributed by atoms with Gasteiger partial charge in [0.25, 0.3) is 0 Å². The molecule has 3 aromatic carbocycles. The van der Waals surface area contributed by atoms with Gasteiger partial charge < -0.3 is 19.3 Å². The third-order valence-electron chi connectivity index (χ3n) is 6.10. The average molecular weight is 500 g/mol. The fourth-order valence-corrected chi connectivity index (χ4v) is 4.09. The summed E-state index contributed by atoms with van der Waals surface area (Å²) in [5.74, 6) is -1.37. The Labute approximate surface area is 215 Å². The molecule has 0 saturated heterocycles. The SMILES string of the molecule is COc1ccnc(C(=O)C[C@@H](C)C(=O)O[C@@H](C)[C@H](Oc2ccccc2)c2ccc3ccccc3c2)c1O. The first-order valence-electron chi connectivity index (χ1n) is 12.0. The van der Waals surface area contributed by atoms with Crippen LogP contribution in [0.25, 0.3) is 10.8 Å². The van der Waals surface area contributed by atoms with Crippen molar-refractivity contribution in [2.24, 2.45) is 5.92 Å². The normalized spacial score (nSPS) is 13.4. The van der Waals surface area contributed by atoms with Gasteiger partial charge in [-0.1, -0.05) is 61.5 Å². The Morgan fingerprint density at radius 3 is 2.35 bits per heavy atom. The van der Waals surface area contributed by atoms with E-state index in [1.165, 1.54) is 19.4 Å². The fourth-order valence-electron chi connectivity index (χ4n) is 4.09. The molecule has 3 atom stereocenters. The molecule has 37 heavy (non-hydrogen) atoms. The van der Waals surface area contributed by atoms with Gasteiger partial charge in [0.05, 0.1) is 13.0 Å². The van der Waals surface area contributed by atoms with Crippen molar-refractivity contribution in [1.29, 1.82) is 0 Å². The van der Waals surface area contributed by atoms with Crippen LogP contribution in [0.3, 0.4) is 0 Å². The highest BCUT2D eigenvalue weighted by Crippen LogP contribution is 2.31.